The lowest BCUT2D eigenvalue weighted by Crippen LogP contribution is -2.11. The molecular formula is C14H10Br2ClNO2. The van der Waals surface area contributed by atoms with Crippen molar-refractivity contribution < 1.29 is 9.53 Å². The number of carbonyl (C=O) groups excluding carboxylic acids is 1. The Hall–Kier alpha value is -1.04. The van der Waals surface area contributed by atoms with Crippen LogP contribution >= 0.6 is 43.5 Å². The van der Waals surface area contributed by atoms with Gasteiger partial charge in [0.2, 0.25) is 5.91 Å². The number of hydrogen-bond donors (Lipinski definition) is 1. The first-order valence-electron chi connectivity index (χ1n) is 5.63. The molecule has 0 atom stereocenters. The van der Waals surface area contributed by atoms with Gasteiger partial charge in [0.1, 0.15) is 6.61 Å². The van der Waals surface area contributed by atoms with E-state index in [1.807, 2.05) is 24.3 Å². The summed E-state index contributed by atoms with van der Waals surface area (Å²) in [5.41, 5.74) is 6.56. The van der Waals surface area contributed by atoms with Gasteiger partial charge in [0.15, 0.2) is 5.75 Å². The molecule has 0 heterocycles. The minimum Gasteiger partial charge on any atom is -0.486 e. The molecule has 0 aliphatic carbocycles. The number of rotatable bonds is 4. The fourth-order valence-electron chi connectivity index (χ4n) is 1.58. The molecule has 3 nitrogen and oxygen atoms in total. The predicted octanol–water partition coefficient (Wildman–Crippen LogP) is 4.54. The first-order valence-corrected chi connectivity index (χ1v) is 7.60. The minimum absolute atomic E-state index is 0.331. The molecule has 2 rings (SSSR count). The number of ether oxygens (including phenoxy) is 1. The van der Waals surface area contributed by atoms with Crippen molar-refractivity contribution in [2.75, 3.05) is 0 Å². The van der Waals surface area contributed by atoms with Crippen molar-refractivity contribution in [2.45, 2.75) is 6.61 Å². The fourth-order valence-corrected chi connectivity index (χ4v) is 2.80. The zero-order valence-corrected chi connectivity index (χ0v) is 14.1. The van der Waals surface area contributed by atoms with Gasteiger partial charge in [0.05, 0.1) is 9.50 Å². The van der Waals surface area contributed by atoms with Crippen LogP contribution in [0.5, 0.6) is 5.75 Å². The summed E-state index contributed by atoms with van der Waals surface area (Å²) in [7, 11) is 0. The Balaban J connectivity index is 2.17. The summed E-state index contributed by atoms with van der Waals surface area (Å²) in [5, 5.41) is 0.338. The molecule has 0 saturated carbocycles. The molecule has 6 heteroatoms. The van der Waals surface area contributed by atoms with Crippen LogP contribution < -0.4 is 10.5 Å². The Morgan fingerprint density at radius 1 is 1.20 bits per heavy atom. The second kappa shape index (κ2) is 6.61. The van der Waals surface area contributed by atoms with Gasteiger partial charge in [-0.3, -0.25) is 4.79 Å². The molecule has 0 spiro atoms. The second-order valence-electron chi connectivity index (χ2n) is 4.05. The zero-order valence-electron chi connectivity index (χ0n) is 10.2. The zero-order chi connectivity index (χ0) is 14.7. The third-order valence-electron chi connectivity index (χ3n) is 2.58. The summed E-state index contributed by atoms with van der Waals surface area (Å²) in [6, 6.07) is 10.8. The first kappa shape index (κ1) is 15.4. The van der Waals surface area contributed by atoms with E-state index >= 15 is 0 Å². The molecule has 0 fully saturated rings. The van der Waals surface area contributed by atoms with Gasteiger partial charge in [0, 0.05) is 10.0 Å². The van der Waals surface area contributed by atoms with Gasteiger partial charge in [-0.05, 0) is 45.8 Å². The van der Waals surface area contributed by atoms with Gasteiger partial charge in [-0.2, -0.15) is 0 Å². The standard InChI is InChI=1S/C14H10Br2ClNO2/c15-10-3-1-8(2-4-10)7-20-13-11(16)5-9(14(18)19)6-12(13)17/h1-6H,7H2,(H2,18,19). The quantitative estimate of drug-likeness (QED) is 0.791. The number of hydrogen-bond acceptors (Lipinski definition) is 2. The number of primary amides is 1. The molecule has 20 heavy (non-hydrogen) atoms. The Kier molecular flexibility index (Phi) is 5.07. The summed E-state index contributed by atoms with van der Waals surface area (Å²) in [4.78, 5) is 11.1. The number of amides is 1. The molecule has 2 aromatic rings. The lowest BCUT2D eigenvalue weighted by atomic mass is 10.2. The average molecular weight is 420 g/mol. The average Bonchev–Trinajstić information content (AvgIpc) is 2.39. The van der Waals surface area contributed by atoms with E-state index in [-0.39, 0.29) is 0 Å². The van der Waals surface area contributed by atoms with Crippen LogP contribution in [0.3, 0.4) is 0 Å². The van der Waals surface area contributed by atoms with Gasteiger partial charge < -0.3 is 10.5 Å². The lowest BCUT2D eigenvalue weighted by Gasteiger charge is -2.11. The molecule has 2 aromatic carbocycles. The van der Waals surface area contributed by atoms with Crippen LogP contribution in [0.1, 0.15) is 15.9 Å². The summed E-state index contributed by atoms with van der Waals surface area (Å²) in [6.45, 7) is 0.377. The van der Waals surface area contributed by atoms with Crippen LogP contribution in [0.4, 0.5) is 0 Å². The molecule has 0 bridgehead atoms. The van der Waals surface area contributed by atoms with Gasteiger partial charge in [-0.15, -0.1) is 0 Å². The molecule has 0 aliphatic rings. The third-order valence-corrected chi connectivity index (χ3v) is 3.98. The maximum absolute atomic E-state index is 11.1. The van der Waals surface area contributed by atoms with Crippen LogP contribution in [0.15, 0.2) is 45.3 Å². The van der Waals surface area contributed by atoms with Crippen LogP contribution in [0, 0.1) is 0 Å². The molecule has 104 valence electrons. The maximum atomic E-state index is 11.1. The maximum Gasteiger partial charge on any atom is 0.248 e. The van der Waals surface area contributed by atoms with E-state index in [1.54, 1.807) is 6.07 Å². The molecule has 0 aliphatic heterocycles. The van der Waals surface area contributed by atoms with E-state index in [2.05, 4.69) is 31.9 Å². The fraction of sp³-hybridized carbons (Fsp3) is 0.0714. The van der Waals surface area contributed by atoms with E-state index in [1.165, 1.54) is 6.07 Å². The van der Waals surface area contributed by atoms with Gasteiger partial charge in [-0.25, -0.2) is 0 Å². The van der Waals surface area contributed by atoms with Crippen LogP contribution in [-0.2, 0) is 6.61 Å². The lowest BCUT2D eigenvalue weighted by molar-refractivity contribution is 0.1000. The number of halogens is 3. The molecule has 0 aromatic heterocycles. The highest BCUT2D eigenvalue weighted by Gasteiger charge is 2.12. The van der Waals surface area contributed by atoms with Gasteiger partial charge in [0.25, 0.3) is 0 Å². The summed E-state index contributed by atoms with van der Waals surface area (Å²) in [6.07, 6.45) is 0. The van der Waals surface area contributed by atoms with E-state index in [9.17, 15) is 4.79 Å². The van der Waals surface area contributed by atoms with Crippen molar-refractivity contribution in [3.8, 4) is 5.75 Å². The van der Waals surface area contributed by atoms with Crippen molar-refractivity contribution in [2.24, 2.45) is 5.73 Å². The van der Waals surface area contributed by atoms with E-state index in [0.717, 1.165) is 10.0 Å². The molecule has 0 unspecified atom stereocenters. The van der Waals surface area contributed by atoms with Crippen LogP contribution in [0.25, 0.3) is 0 Å². The number of carbonyl (C=O) groups is 1. The highest BCUT2D eigenvalue weighted by Crippen LogP contribution is 2.35. The highest BCUT2D eigenvalue weighted by atomic mass is 79.9. The SMILES string of the molecule is NC(=O)c1cc(Cl)c(OCc2ccc(Br)cc2)c(Br)c1. The van der Waals surface area contributed by atoms with Crippen LogP contribution in [-0.4, -0.2) is 5.91 Å². The van der Waals surface area contributed by atoms with Crippen molar-refractivity contribution >= 4 is 49.4 Å². The predicted molar refractivity (Wildman–Crippen MR) is 86.1 cm³/mol. The topological polar surface area (TPSA) is 52.3 Å². The summed E-state index contributed by atoms with van der Waals surface area (Å²) >= 11 is 12.8. The van der Waals surface area contributed by atoms with E-state index in [4.69, 9.17) is 22.1 Å². The highest BCUT2D eigenvalue weighted by molar-refractivity contribution is 9.10. The summed E-state index contributed by atoms with van der Waals surface area (Å²) < 4.78 is 7.28. The van der Waals surface area contributed by atoms with Crippen LogP contribution in [0.2, 0.25) is 5.02 Å². The van der Waals surface area contributed by atoms with Crippen molar-refractivity contribution in [3.05, 3.63) is 61.5 Å². The Bertz CT molecular complexity index is 621. The smallest absolute Gasteiger partial charge is 0.248 e. The monoisotopic (exact) mass is 417 g/mol. The summed E-state index contributed by atoms with van der Waals surface area (Å²) in [5.74, 6) is -0.0494. The molecule has 0 radical (unpaired) electrons. The normalized spacial score (nSPS) is 10.3. The van der Waals surface area contributed by atoms with Gasteiger partial charge >= 0.3 is 0 Å². The Morgan fingerprint density at radius 2 is 1.85 bits per heavy atom. The molecular weight excluding hydrogens is 409 g/mol. The Morgan fingerprint density at radius 3 is 2.40 bits per heavy atom. The second-order valence-corrected chi connectivity index (χ2v) is 6.23. The van der Waals surface area contributed by atoms with E-state index < -0.39 is 5.91 Å². The number of nitrogens with two attached hydrogens (primary N) is 1. The Labute approximate surface area is 138 Å². The van der Waals surface area contributed by atoms with Crippen molar-refractivity contribution in [3.63, 3.8) is 0 Å². The van der Waals surface area contributed by atoms with Crippen molar-refractivity contribution in [1.82, 2.24) is 0 Å². The molecule has 1 amide bonds. The van der Waals surface area contributed by atoms with Gasteiger partial charge in [-0.1, -0.05) is 39.7 Å². The third kappa shape index (κ3) is 3.75. The largest absolute Gasteiger partial charge is 0.486 e. The van der Waals surface area contributed by atoms with E-state index in [0.29, 0.717) is 27.4 Å². The number of benzene rings is 2. The first-order chi connectivity index (χ1) is 9.47. The van der Waals surface area contributed by atoms with Crippen molar-refractivity contribution in [1.29, 1.82) is 0 Å². The molecule has 2 N–H and O–H groups in total. The minimum atomic E-state index is -0.535. The molecule has 0 saturated heterocycles.